The largest absolute Gasteiger partial charge is 0.493 e. The van der Waals surface area contributed by atoms with Gasteiger partial charge in [-0.15, -0.1) is 0 Å². The number of carbonyl (C=O) groups is 1. The maximum absolute atomic E-state index is 12.8. The van der Waals surface area contributed by atoms with Gasteiger partial charge in [-0.25, -0.2) is 0 Å². The summed E-state index contributed by atoms with van der Waals surface area (Å²) in [6, 6.07) is 7.50. The van der Waals surface area contributed by atoms with Crippen molar-refractivity contribution in [2.45, 2.75) is 25.8 Å². The van der Waals surface area contributed by atoms with Crippen LogP contribution in [0.15, 0.2) is 28.7 Å². The van der Waals surface area contributed by atoms with E-state index in [9.17, 15) is 9.90 Å². The van der Waals surface area contributed by atoms with Gasteiger partial charge >= 0.3 is 0 Å². The Morgan fingerprint density at radius 1 is 1.45 bits per heavy atom. The number of amides is 1. The van der Waals surface area contributed by atoms with Crippen LogP contribution in [0.1, 0.15) is 30.3 Å². The van der Waals surface area contributed by atoms with E-state index in [1.54, 1.807) is 18.1 Å². The molecule has 0 aliphatic carbocycles. The zero-order valence-corrected chi connectivity index (χ0v) is 12.9. The fourth-order valence-electron chi connectivity index (χ4n) is 3.06. The molecule has 0 spiro atoms. The van der Waals surface area contributed by atoms with Gasteiger partial charge in [0.2, 0.25) is 0 Å². The highest BCUT2D eigenvalue weighted by atomic mass is 16.5. The van der Waals surface area contributed by atoms with Crippen molar-refractivity contribution in [1.82, 2.24) is 4.90 Å². The molecule has 22 heavy (non-hydrogen) atoms. The quantitative estimate of drug-likeness (QED) is 0.947. The minimum atomic E-state index is -0.121. The van der Waals surface area contributed by atoms with Crippen LogP contribution in [0.25, 0.3) is 11.0 Å². The maximum Gasteiger partial charge on any atom is 0.289 e. The number of methoxy groups -OCH3 is 1. The average molecular weight is 303 g/mol. The Morgan fingerprint density at radius 3 is 3.00 bits per heavy atom. The molecule has 1 aromatic carbocycles. The first-order chi connectivity index (χ1) is 10.6. The van der Waals surface area contributed by atoms with E-state index in [4.69, 9.17) is 9.15 Å². The number of nitrogens with zero attached hydrogens (tertiary/aromatic N) is 1. The number of furan rings is 1. The number of ether oxygens (including phenoxy) is 1. The molecule has 118 valence electrons. The highest BCUT2D eigenvalue weighted by Gasteiger charge is 2.31. The summed E-state index contributed by atoms with van der Waals surface area (Å²) in [6.07, 6.45) is 1.86. The minimum absolute atomic E-state index is 0.116. The first kappa shape index (κ1) is 14.9. The Bertz CT molecular complexity index is 678. The third-order valence-corrected chi connectivity index (χ3v) is 4.44. The first-order valence-corrected chi connectivity index (χ1v) is 7.62. The standard InChI is InChI=1S/C17H21NO4/c1-11-6-7-12(10-19)9-18(11)17(20)15-8-13-4-3-5-14(21-2)16(13)22-15/h3-5,8,11-12,19H,6-7,9-10H2,1-2H3. The summed E-state index contributed by atoms with van der Waals surface area (Å²) in [6.45, 7) is 2.73. The predicted molar refractivity (Wildman–Crippen MR) is 83.1 cm³/mol. The fraction of sp³-hybridized carbons (Fsp3) is 0.471. The van der Waals surface area contributed by atoms with Gasteiger partial charge in [0, 0.05) is 24.6 Å². The first-order valence-electron chi connectivity index (χ1n) is 7.62. The van der Waals surface area contributed by atoms with Crippen molar-refractivity contribution in [2.24, 2.45) is 5.92 Å². The Labute approximate surface area is 129 Å². The van der Waals surface area contributed by atoms with Crippen LogP contribution in [-0.4, -0.2) is 42.2 Å². The number of aliphatic hydroxyl groups is 1. The van der Waals surface area contributed by atoms with E-state index in [0.29, 0.717) is 23.6 Å². The lowest BCUT2D eigenvalue weighted by atomic mass is 9.94. The third kappa shape index (κ3) is 2.57. The van der Waals surface area contributed by atoms with Crippen molar-refractivity contribution in [3.8, 4) is 5.75 Å². The summed E-state index contributed by atoms with van der Waals surface area (Å²) < 4.78 is 11.0. The Hall–Kier alpha value is -2.01. The number of para-hydroxylation sites is 1. The zero-order chi connectivity index (χ0) is 15.7. The summed E-state index contributed by atoms with van der Waals surface area (Å²) in [5, 5.41) is 10.2. The minimum Gasteiger partial charge on any atom is -0.493 e. The normalized spacial score (nSPS) is 22.0. The van der Waals surface area contributed by atoms with Gasteiger partial charge in [-0.2, -0.15) is 0 Å². The second-order valence-electron chi connectivity index (χ2n) is 5.92. The number of rotatable bonds is 3. The van der Waals surface area contributed by atoms with Gasteiger partial charge < -0.3 is 19.2 Å². The van der Waals surface area contributed by atoms with Gasteiger partial charge in [0.1, 0.15) is 0 Å². The molecule has 5 heteroatoms. The molecule has 2 unspecified atom stereocenters. The SMILES string of the molecule is COc1cccc2cc(C(=O)N3CC(CO)CCC3C)oc12. The van der Waals surface area contributed by atoms with E-state index in [-0.39, 0.29) is 24.5 Å². The maximum atomic E-state index is 12.8. The van der Waals surface area contributed by atoms with Crippen LogP contribution in [0, 0.1) is 5.92 Å². The highest BCUT2D eigenvalue weighted by Crippen LogP contribution is 2.30. The number of carbonyl (C=O) groups excluding carboxylic acids is 1. The molecule has 1 amide bonds. The number of hydrogen-bond donors (Lipinski definition) is 1. The molecule has 2 heterocycles. The van der Waals surface area contributed by atoms with E-state index in [0.717, 1.165) is 18.2 Å². The van der Waals surface area contributed by atoms with E-state index in [2.05, 4.69) is 0 Å². The monoisotopic (exact) mass is 303 g/mol. The van der Waals surface area contributed by atoms with Crippen molar-refractivity contribution >= 4 is 16.9 Å². The van der Waals surface area contributed by atoms with Gasteiger partial charge in [0.25, 0.3) is 5.91 Å². The van der Waals surface area contributed by atoms with Crippen molar-refractivity contribution in [2.75, 3.05) is 20.3 Å². The van der Waals surface area contributed by atoms with Gasteiger partial charge in [-0.3, -0.25) is 4.79 Å². The number of hydrogen-bond acceptors (Lipinski definition) is 4. The van der Waals surface area contributed by atoms with E-state index in [1.807, 2.05) is 25.1 Å². The zero-order valence-electron chi connectivity index (χ0n) is 12.9. The van der Waals surface area contributed by atoms with Crippen LogP contribution >= 0.6 is 0 Å². The van der Waals surface area contributed by atoms with Crippen LogP contribution in [0.5, 0.6) is 5.75 Å². The Balaban J connectivity index is 1.91. The van der Waals surface area contributed by atoms with Crippen molar-refractivity contribution in [1.29, 1.82) is 0 Å². The molecule has 0 radical (unpaired) electrons. The summed E-state index contributed by atoms with van der Waals surface area (Å²) in [5.41, 5.74) is 0.594. The summed E-state index contributed by atoms with van der Waals surface area (Å²) in [7, 11) is 1.58. The molecule has 1 aliphatic heterocycles. The summed E-state index contributed by atoms with van der Waals surface area (Å²) in [4.78, 5) is 14.6. The topological polar surface area (TPSA) is 62.9 Å². The smallest absolute Gasteiger partial charge is 0.289 e. The Morgan fingerprint density at radius 2 is 2.27 bits per heavy atom. The van der Waals surface area contributed by atoms with Crippen LogP contribution in [0.3, 0.4) is 0 Å². The number of likely N-dealkylation sites (tertiary alicyclic amines) is 1. The number of benzene rings is 1. The average Bonchev–Trinajstić information content (AvgIpc) is 2.98. The van der Waals surface area contributed by atoms with Crippen LogP contribution < -0.4 is 4.74 Å². The van der Waals surface area contributed by atoms with Gasteiger partial charge in [-0.05, 0) is 37.8 Å². The highest BCUT2D eigenvalue weighted by molar-refractivity contribution is 5.97. The lowest BCUT2D eigenvalue weighted by Gasteiger charge is -2.36. The van der Waals surface area contributed by atoms with Gasteiger partial charge in [-0.1, -0.05) is 12.1 Å². The van der Waals surface area contributed by atoms with Crippen LogP contribution in [0.4, 0.5) is 0 Å². The molecule has 5 nitrogen and oxygen atoms in total. The van der Waals surface area contributed by atoms with Gasteiger partial charge in [0.05, 0.1) is 7.11 Å². The Kier molecular flexibility index (Phi) is 4.07. The number of aliphatic hydroxyl groups excluding tert-OH is 1. The van der Waals surface area contributed by atoms with Crippen molar-refractivity contribution in [3.63, 3.8) is 0 Å². The summed E-state index contributed by atoms with van der Waals surface area (Å²) in [5.74, 6) is 0.976. The van der Waals surface area contributed by atoms with Crippen molar-refractivity contribution < 1.29 is 19.1 Å². The molecule has 1 N–H and O–H groups in total. The lowest BCUT2D eigenvalue weighted by Crippen LogP contribution is -2.46. The molecular formula is C17H21NO4. The van der Waals surface area contributed by atoms with E-state index < -0.39 is 0 Å². The van der Waals surface area contributed by atoms with Crippen LogP contribution in [0.2, 0.25) is 0 Å². The predicted octanol–water partition coefficient (Wildman–Crippen LogP) is 2.67. The van der Waals surface area contributed by atoms with Crippen LogP contribution in [-0.2, 0) is 0 Å². The molecule has 1 aliphatic rings. The lowest BCUT2D eigenvalue weighted by molar-refractivity contribution is 0.0461. The second-order valence-corrected chi connectivity index (χ2v) is 5.92. The summed E-state index contributed by atoms with van der Waals surface area (Å²) >= 11 is 0. The molecule has 2 atom stereocenters. The molecule has 0 saturated carbocycles. The molecule has 1 fully saturated rings. The van der Waals surface area contributed by atoms with Crippen molar-refractivity contribution in [3.05, 3.63) is 30.0 Å². The molecule has 1 saturated heterocycles. The van der Waals surface area contributed by atoms with E-state index in [1.165, 1.54) is 0 Å². The molecule has 1 aromatic heterocycles. The molecule has 2 aromatic rings. The third-order valence-electron chi connectivity index (χ3n) is 4.44. The second kappa shape index (κ2) is 6.01. The number of fused-ring (bicyclic) bond motifs is 1. The van der Waals surface area contributed by atoms with Gasteiger partial charge in [0.15, 0.2) is 17.1 Å². The molecular weight excluding hydrogens is 282 g/mol. The fourth-order valence-corrected chi connectivity index (χ4v) is 3.06. The van der Waals surface area contributed by atoms with E-state index >= 15 is 0 Å². The molecule has 3 rings (SSSR count). The number of piperidine rings is 1. The molecule has 0 bridgehead atoms.